The van der Waals surface area contributed by atoms with Gasteiger partial charge in [0.25, 0.3) is 0 Å². The van der Waals surface area contributed by atoms with E-state index in [-0.39, 0.29) is 5.92 Å². The fourth-order valence-corrected chi connectivity index (χ4v) is 2.19. The number of aliphatic hydroxyl groups excluding tert-OH is 1. The molecular formula is C17H20O. The van der Waals surface area contributed by atoms with Crippen molar-refractivity contribution in [2.75, 3.05) is 0 Å². The maximum Gasteiger partial charge on any atom is 0.0818 e. The number of aliphatic hydroxyl groups is 1. The molecule has 0 aliphatic rings. The van der Waals surface area contributed by atoms with Crippen LogP contribution in [0.5, 0.6) is 0 Å². The van der Waals surface area contributed by atoms with E-state index in [4.69, 9.17) is 0 Å². The van der Waals surface area contributed by atoms with E-state index < -0.39 is 6.10 Å². The summed E-state index contributed by atoms with van der Waals surface area (Å²) in [5, 5.41) is 10.3. The largest absolute Gasteiger partial charge is 0.388 e. The van der Waals surface area contributed by atoms with Crippen LogP contribution in [0.2, 0.25) is 0 Å². The molecule has 1 nitrogen and oxygen atoms in total. The van der Waals surface area contributed by atoms with Gasteiger partial charge in [-0.3, -0.25) is 0 Å². The zero-order valence-corrected chi connectivity index (χ0v) is 11.0. The standard InChI is InChI=1S/C17H20O/c1-13-8-10-16(11-9-13)17(18)14(2)12-15-6-4-3-5-7-15/h3-11,14,17-18H,12H2,1-2H3. The van der Waals surface area contributed by atoms with Crippen LogP contribution in [0.15, 0.2) is 54.6 Å². The highest BCUT2D eigenvalue weighted by molar-refractivity contribution is 5.24. The molecule has 18 heavy (non-hydrogen) atoms. The topological polar surface area (TPSA) is 20.2 Å². The SMILES string of the molecule is Cc1ccc(C(O)C(C)Cc2ccccc2)cc1. The van der Waals surface area contributed by atoms with Crippen LogP contribution in [0, 0.1) is 12.8 Å². The van der Waals surface area contributed by atoms with Crippen LogP contribution in [0.1, 0.15) is 29.7 Å². The molecule has 0 aliphatic carbocycles. The third kappa shape index (κ3) is 3.21. The lowest BCUT2D eigenvalue weighted by Crippen LogP contribution is -2.11. The van der Waals surface area contributed by atoms with Gasteiger partial charge in [-0.1, -0.05) is 67.1 Å². The van der Waals surface area contributed by atoms with Gasteiger partial charge in [0.2, 0.25) is 0 Å². The lowest BCUT2D eigenvalue weighted by Gasteiger charge is -2.19. The highest BCUT2D eigenvalue weighted by atomic mass is 16.3. The molecule has 0 heterocycles. The second kappa shape index (κ2) is 5.83. The van der Waals surface area contributed by atoms with Crippen molar-refractivity contribution in [3.05, 3.63) is 71.3 Å². The van der Waals surface area contributed by atoms with E-state index in [0.717, 1.165) is 12.0 Å². The Morgan fingerprint density at radius 2 is 1.56 bits per heavy atom. The van der Waals surface area contributed by atoms with Gasteiger partial charge in [0.05, 0.1) is 6.10 Å². The van der Waals surface area contributed by atoms with Crippen LogP contribution in [0.4, 0.5) is 0 Å². The summed E-state index contributed by atoms with van der Waals surface area (Å²) < 4.78 is 0. The maximum atomic E-state index is 10.3. The third-order valence-corrected chi connectivity index (χ3v) is 3.36. The van der Waals surface area contributed by atoms with Crippen LogP contribution in [-0.4, -0.2) is 5.11 Å². The van der Waals surface area contributed by atoms with E-state index in [1.54, 1.807) is 0 Å². The van der Waals surface area contributed by atoms with E-state index >= 15 is 0 Å². The maximum absolute atomic E-state index is 10.3. The van der Waals surface area contributed by atoms with E-state index in [9.17, 15) is 5.11 Å². The first-order valence-corrected chi connectivity index (χ1v) is 6.45. The van der Waals surface area contributed by atoms with Crippen LogP contribution < -0.4 is 0 Å². The molecule has 2 unspecified atom stereocenters. The Kier molecular flexibility index (Phi) is 4.16. The van der Waals surface area contributed by atoms with Gasteiger partial charge in [-0.15, -0.1) is 0 Å². The van der Waals surface area contributed by atoms with E-state index in [0.29, 0.717) is 0 Å². The molecule has 2 aromatic carbocycles. The van der Waals surface area contributed by atoms with Gasteiger partial charge in [-0.25, -0.2) is 0 Å². The van der Waals surface area contributed by atoms with Crippen LogP contribution >= 0.6 is 0 Å². The molecule has 0 radical (unpaired) electrons. The average Bonchev–Trinajstić information content (AvgIpc) is 2.40. The summed E-state index contributed by atoms with van der Waals surface area (Å²) in [7, 11) is 0. The highest BCUT2D eigenvalue weighted by Gasteiger charge is 2.16. The molecule has 0 fully saturated rings. The zero-order valence-electron chi connectivity index (χ0n) is 11.0. The van der Waals surface area contributed by atoms with Gasteiger partial charge in [-0.2, -0.15) is 0 Å². The molecule has 1 N–H and O–H groups in total. The average molecular weight is 240 g/mol. The van der Waals surface area contributed by atoms with Crippen molar-refractivity contribution in [2.45, 2.75) is 26.4 Å². The predicted octanol–water partition coefficient (Wildman–Crippen LogP) is 3.91. The molecule has 1 heteroatoms. The number of hydrogen-bond acceptors (Lipinski definition) is 1. The van der Waals surface area contributed by atoms with Crippen molar-refractivity contribution in [1.29, 1.82) is 0 Å². The number of hydrogen-bond donors (Lipinski definition) is 1. The minimum absolute atomic E-state index is 0.218. The number of benzene rings is 2. The monoisotopic (exact) mass is 240 g/mol. The number of rotatable bonds is 4. The molecule has 2 rings (SSSR count). The van der Waals surface area contributed by atoms with Crippen LogP contribution in [0.3, 0.4) is 0 Å². The molecule has 0 bridgehead atoms. The van der Waals surface area contributed by atoms with Crippen molar-refractivity contribution in [3.8, 4) is 0 Å². The fraction of sp³-hybridized carbons (Fsp3) is 0.294. The van der Waals surface area contributed by atoms with Gasteiger partial charge in [-0.05, 0) is 30.4 Å². The Balaban J connectivity index is 2.05. The predicted molar refractivity (Wildman–Crippen MR) is 75.4 cm³/mol. The van der Waals surface area contributed by atoms with Crippen LogP contribution in [0.25, 0.3) is 0 Å². The van der Waals surface area contributed by atoms with Crippen molar-refractivity contribution in [2.24, 2.45) is 5.92 Å². The minimum atomic E-state index is -0.397. The molecular weight excluding hydrogens is 220 g/mol. The zero-order chi connectivity index (χ0) is 13.0. The van der Waals surface area contributed by atoms with Gasteiger partial charge >= 0.3 is 0 Å². The quantitative estimate of drug-likeness (QED) is 0.859. The smallest absolute Gasteiger partial charge is 0.0818 e. The summed E-state index contributed by atoms with van der Waals surface area (Å²) in [5.74, 6) is 0.218. The number of aryl methyl sites for hydroxylation is 1. The fourth-order valence-electron chi connectivity index (χ4n) is 2.19. The third-order valence-electron chi connectivity index (χ3n) is 3.36. The molecule has 0 saturated heterocycles. The molecule has 2 atom stereocenters. The van der Waals surface area contributed by atoms with E-state index in [1.165, 1.54) is 11.1 Å². The molecule has 2 aromatic rings. The molecule has 0 aliphatic heterocycles. The van der Waals surface area contributed by atoms with Crippen molar-refractivity contribution in [3.63, 3.8) is 0 Å². The van der Waals surface area contributed by atoms with Crippen molar-refractivity contribution >= 4 is 0 Å². The Hall–Kier alpha value is -1.60. The second-order valence-corrected chi connectivity index (χ2v) is 5.02. The Morgan fingerprint density at radius 1 is 0.944 bits per heavy atom. The molecule has 0 spiro atoms. The lowest BCUT2D eigenvalue weighted by molar-refractivity contribution is 0.117. The normalized spacial score (nSPS) is 14.2. The summed E-state index contributed by atoms with van der Waals surface area (Å²) in [6.07, 6.45) is 0.501. The van der Waals surface area contributed by atoms with Gasteiger partial charge in [0.15, 0.2) is 0 Å². The first-order chi connectivity index (χ1) is 8.66. The van der Waals surface area contributed by atoms with Gasteiger partial charge in [0.1, 0.15) is 0 Å². The van der Waals surface area contributed by atoms with E-state index in [1.807, 2.05) is 42.5 Å². The first kappa shape index (κ1) is 12.8. The summed E-state index contributed by atoms with van der Waals surface area (Å²) in [5.41, 5.74) is 3.50. The summed E-state index contributed by atoms with van der Waals surface area (Å²) in [4.78, 5) is 0. The molecule has 0 aromatic heterocycles. The molecule has 94 valence electrons. The minimum Gasteiger partial charge on any atom is -0.388 e. The Bertz CT molecular complexity index is 473. The molecule has 0 amide bonds. The van der Waals surface area contributed by atoms with Gasteiger partial charge < -0.3 is 5.11 Å². The molecule has 0 saturated carbocycles. The lowest BCUT2D eigenvalue weighted by atomic mass is 9.91. The van der Waals surface area contributed by atoms with Crippen molar-refractivity contribution in [1.82, 2.24) is 0 Å². The summed E-state index contributed by atoms with van der Waals surface area (Å²) in [6.45, 7) is 4.15. The van der Waals surface area contributed by atoms with Crippen molar-refractivity contribution < 1.29 is 5.11 Å². The first-order valence-electron chi connectivity index (χ1n) is 6.45. The van der Waals surface area contributed by atoms with Crippen LogP contribution in [-0.2, 0) is 6.42 Å². The highest BCUT2D eigenvalue weighted by Crippen LogP contribution is 2.25. The second-order valence-electron chi connectivity index (χ2n) is 5.02. The van der Waals surface area contributed by atoms with E-state index in [2.05, 4.69) is 26.0 Å². The Morgan fingerprint density at radius 3 is 2.17 bits per heavy atom. The summed E-state index contributed by atoms with van der Waals surface area (Å²) >= 11 is 0. The van der Waals surface area contributed by atoms with Gasteiger partial charge in [0, 0.05) is 0 Å². The Labute approximate surface area is 109 Å². The summed E-state index contributed by atoms with van der Waals surface area (Å²) in [6, 6.07) is 18.5.